The van der Waals surface area contributed by atoms with Crippen LogP contribution in [-0.4, -0.2) is 17.0 Å². The highest BCUT2D eigenvalue weighted by Crippen LogP contribution is 2.03. The summed E-state index contributed by atoms with van der Waals surface area (Å²) in [5.41, 5.74) is 0.986. The fourth-order valence-corrected chi connectivity index (χ4v) is 0.981. The Labute approximate surface area is 71.8 Å². The third kappa shape index (κ3) is 2.47. The van der Waals surface area contributed by atoms with Gasteiger partial charge < -0.3 is 5.11 Å². The van der Waals surface area contributed by atoms with Gasteiger partial charge in [-0.05, 0) is 12.5 Å². The lowest BCUT2D eigenvalue weighted by atomic mass is 10.1. The Morgan fingerprint density at radius 2 is 2.00 bits per heavy atom. The molecule has 0 radical (unpaired) electrons. The second-order valence-electron chi connectivity index (χ2n) is 2.82. The SMILES string of the molecule is CC(=O)[C@H](O)Cc1ccccc1. The van der Waals surface area contributed by atoms with Crippen LogP contribution < -0.4 is 0 Å². The molecular weight excluding hydrogens is 152 g/mol. The predicted octanol–water partition coefficient (Wildman–Crippen LogP) is 1.18. The van der Waals surface area contributed by atoms with Gasteiger partial charge in [0.05, 0.1) is 0 Å². The van der Waals surface area contributed by atoms with Gasteiger partial charge >= 0.3 is 0 Å². The Balaban J connectivity index is 2.58. The van der Waals surface area contributed by atoms with E-state index in [0.29, 0.717) is 6.42 Å². The van der Waals surface area contributed by atoms with Gasteiger partial charge in [-0.1, -0.05) is 30.3 Å². The van der Waals surface area contributed by atoms with Crippen LogP contribution in [-0.2, 0) is 11.2 Å². The molecule has 2 heteroatoms. The topological polar surface area (TPSA) is 37.3 Å². The lowest BCUT2D eigenvalue weighted by molar-refractivity contribution is -0.124. The molecule has 0 unspecified atom stereocenters. The molecule has 1 aromatic rings. The van der Waals surface area contributed by atoms with E-state index in [-0.39, 0.29) is 5.78 Å². The Hall–Kier alpha value is -1.15. The summed E-state index contributed by atoms with van der Waals surface area (Å²) < 4.78 is 0. The van der Waals surface area contributed by atoms with Crippen molar-refractivity contribution in [3.05, 3.63) is 35.9 Å². The minimum absolute atomic E-state index is 0.182. The third-order valence-corrected chi connectivity index (χ3v) is 1.74. The summed E-state index contributed by atoms with van der Waals surface area (Å²) in [5, 5.41) is 9.23. The number of ketones is 1. The van der Waals surface area contributed by atoms with Gasteiger partial charge in [0.25, 0.3) is 0 Å². The molecule has 0 saturated carbocycles. The van der Waals surface area contributed by atoms with Crippen molar-refractivity contribution in [2.75, 3.05) is 0 Å². The van der Waals surface area contributed by atoms with Crippen LogP contribution in [0, 0.1) is 0 Å². The van der Waals surface area contributed by atoms with E-state index in [0.717, 1.165) is 5.56 Å². The van der Waals surface area contributed by atoms with Crippen molar-refractivity contribution in [1.29, 1.82) is 0 Å². The molecule has 1 aromatic carbocycles. The summed E-state index contributed by atoms with van der Waals surface area (Å²) >= 11 is 0. The van der Waals surface area contributed by atoms with Gasteiger partial charge in [0, 0.05) is 6.42 Å². The van der Waals surface area contributed by atoms with Crippen molar-refractivity contribution in [2.45, 2.75) is 19.4 Å². The van der Waals surface area contributed by atoms with E-state index in [1.807, 2.05) is 30.3 Å². The van der Waals surface area contributed by atoms with Gasteiger partial charge in [0.15, 0.2) is 5.78 Å². The molecule has 0 fully saturated rings. The smallest absolute Gasteiger partial charge is 0.158 e. The quantitative estimate of drug-likeness (QED) is 0.728. The van der Waals surface area contributed by atoms with Crippen molar-refractivity contribution in [3.8, 4) is 0 Å². The van der Waals surface area contributed by atoms with Crippen LogP contribution in [0.4, 0.5) is 0 Å². The highest BCUT2D eigenvalue weighted by Gasteiger charge is 2.09. The van der Waals surface area contributed by atoms with E-state index >= 15 is 0 Å². The molecule has 0 amide bonds. The van der Waals surface area contributed by atoms with E-state index < -0.39 is 6.10 Å². The zero-order valence-corrected chi connectivity index (χ0v) is 7.03. The summed E-state index contributed by atoms with van der Waals surface area (Å²) in [7, 11) is 0. The average molecular weight is 164 g/mol. The Bertz CT molecular complexity index is 254. The molecule has 0 bridgehead atoms. The first-order valence-corrected chi connectivity index (χ1v) is 3.92. The normalized spacial score (nSPS) is 12.5. The standard InChI is InChI=1S/C10H12O2/c1-8(11)10(12)7-9-5-3-2-4-6-9/h2-6,10,12H,7H2,1H3/t10-/m1/s1. The second kappa shape index (κ2) is 4.02. The molecule has 0 aliphatic rings. The first-order chi connectivity index (χ1) is 5.70. The average Bonchev–Trinajstić information content (AvgIpc) is 2.06. The first kappa shape index (κ1) is 8.94. The summed E-state index contributed by atoms with van der Waals surface area (Å²) in [6, 6.07) is 9.48. The molecule has 0 aromatic heterocycles. The van der Waals surface area contributed by atoms with Crippen LogP contribution >= 0.6 is 0 Å². The monoisotopic (exact) mass is 164 g/mol. The molecule has 0 aliphatic carbocycles. The zero-order chi connectivity index (χ0) is 8.97. The molecule has 0 aliphatic heterocycles. The van der Waals surface area contributed by atoms with Gasteiger partial charge in [-0.15, -0.1) is 0 Å². The number of Topliss-reactive ketones (excluding diaryl/α,β-unsaturated/α-hetero) is 1. The number of carbonyl (C=O) groups excluding carboxylic acids is 1. The first-order valence-electron chi connectivity index (χ1n) is 3.92. The second-order valence-corrected chi connectivity index (χ2v) is 2.82. The molecule has 0 heterocycles. The van der Waals surface area contributed by atoms with E-state index in [1.165, 1.54) is 6.92 Å². The van der Waals surface area contributed by atoms with Gasteiger partial charge in [-0.2, -0.15) is 0 Å². The molecule has 0 saturated heterocycles. The maximum atomic E-state index is 10.7. The fraction of sp³-hybridized carbons (Fsp3) is 0.300. The maximum Gasteiger partial charge on any atom is 0.158 e. The molecule has 1 rings (SSSR count). The summed E-state index contributed by atoms with van der Waals surface area (Å²) in [5.74, 6) is -0.182. The lowest BCUT2D eigenvalue weighted by Gasteiger charge is -2.05. The lowest BCUT2D eigenvalue weighted by Crippen LogP contribution is -2.19. The molecule has 64 valence electrons. The minimum atomic E-state index is -0.854. The Morgan fingerprint density at radius 3 is 2.50 bits per heavy atom. The molecule has 12 heavy (non-hydrogen) atoms. The van der Waals surface area contributed by atoms with Crippen molar-refractivity contribution < 1.29 is 9.90 Å². The largest absolute Gasteiger partial charge is 0.385 e. The van der Waals surface area contributed by atoms with Gasteiger partial charge in [-0.3, -0.25) is 4.79 Å². The molecule has 0 spiro atoms. The highest BCUT2D eigenvalue weighted by atomic mass is 16.3. The van der Waals surface area contributed by atoms with Crippen LogP contribution in [0.3, 0.4) is 0 Å². The van der Waals surface area contributed by atoms with Crippen molar-refractivity contribution in [1.82, 2.24) is 0 Å². The molecular formula is C10H12O2. The number of benzene rings is 1. The van der Waals surface area contributed by atoms with E-state index in [9.17, 15) is 9.90 Å². The third-order valence-electron chi connectivity index (χ3n) is 1.74. The van der Waals surface area contributed by atoms with Crippen molar-refractivity contribution in [3.63, 3.8) is 0 Å². The predicted molar refractivity (Wildman–Crippen MR) is 46.8 cm³/mol. The molecule has 1 atom stereocenters. The van der Waals surface area contributed by atoms with Crippen molar-refractivity contribution in [2.24, 2.45) is 0 Å². The number of carbonyl (C=O) groups is 1. The number of aliphatic hydroxyl groups excluding tert-OH is 1. The van der Waals surface area contributed by atoms with Gasteiger partial charge in [0.2, 0.25) is 0 Å². The summed E-state index contributed by atoms with van der Waals surface area (Å²) in [6.45, 7) is 1.40. The number of rotatable bonds is 3. The van der Waals surface area contributed by atoms with Crippen LogP contribution in [0.25, 0.3) is 0 Å². The zero-order valence-electron chi connectivity index (χ0n) is 7.03. The maximum absolute atomic E-state index is 10.7. The Kier molecular flexibility index (Phi) is 3.00. The highest BCUT2D eigenvalue weighted by molar-refractivity contribution is 5.80. The fourth-order valence-electron chi connectivity index (χ4n) is 0.981. The molecule has 1 N–H and O–H groups in total. The van der Waals surface area contributed by atoms with E-state index in [2.05, 4.69) is 0 Å². The minimum Gasteiger partial charge on any atom is -0.385 e. The number of hydrogen-bond donors (Lipinski definition) is 1. The van der Waals surface area contributed by atoms with Crippen LogP contribution in [0.2, 0.25) is 0 Å². The van der Waals surface area contributed by atoms with Gasteiger partial charge in [-0.25, -0.2) is 0 Å². The number of hydrogen-bond acceptors (Lipinski definition) is 2. The van der Waals surface area contributed by atoms with Crippen LogP contribution in [0.15, 0.2) is 30.3 Å². The van der Waals surface area contributed by atoms with Gasteiger partial charge in [0.1, 0.15) is 6.10 Å². The van der Waals surface area contributed by atoms with Crippen LogP contribution in [0.5, 0.6) is 0 Å². The summed E-state index contributed by atoms with van der Waals surface area (Å²) in [4.78, 5) is 10.7. The Morgan fingerprint density at radius 1 is 1.42 bits per heavy atom. The number of aliphatic hydroxyl groups is 1. The van der Waals surface area contributed by atoms with E-state index in [4.69, 9.17) is 0 Å². The summed E-state index contributed by atoms with van der Waals surface area (Å²) in [6.07, 6.45) is -0.441. The van der Waals surface area contributed by atoms with Crippen LogP contribution in [0.1, 0.15) is 12.5 Å². The van der Waals surface area contributed by atoms with Crippen molar-refractivity contribution >= 4 is 5.78 Å². The van der Waals surface area contributed by atoms with E-state index in [1.54, 1.807) is 0 Å². The molecule has 2 nitrogen and oxygen atoms in total.